The summed E-state index contributed by atoms with van der Waals surface area (Å²) in [5, 5.41) is 20.3. The van der Waals surface area contributed by atoms with E-state index in [9.17, 15) is 10.2 Å². The largest absolute Gasteiger partial charge is 0.507 e. The van der Waals surface area contributed by atoms with E-state index in [4.69, 9.17) is 4.74 Å². The molecule has 2 N–H and O–H groups in total. The molecule has 108 valence electrons. The van der Waals surface area contributed by atoms with Gasteiger partial charge in [-0.25, -0.2) is 0 Å². The Morgan fingerprint density at radius 2 is 1.71 bits per heavy atom. The molecule has 0 aliphatic carbocycles. The highest BCUT2D eigenvalue weighted by atomic mass is 16.5. The van der Waals surface area contributed by atoms with Gasteiger partial charge in [0, 0.05) is 11.1 Å². The summed E-state index contributed by atoms with van der Waals surface area (Å²) in [6.07, 6.45) is 1.93. The molecule has 0 unspecified atom stereocenters. The molecule has 0 saturated carbocycles. The number of hydrogen-bond acceptors (Lipinski definition) is 3. The van der Waals surface area contributed by atoms with Crippen LogP contribution in [0.25, 0.3) is 11.8 Å². The van der Waals surface area contributed by atoms with Crippen molar-refractivity contribution in [3.63, 3.8) is 0 Å². The number of phenols is 2. The molecular formula is C18H18O3. The smallest absolute Gasteiger partial charge is 0.127 e. The minimum Gasteiger partial charge on any atom is -0.507 e. The molecule has 0 fully saturated rings. The third-order valence-corrected chi connectivity index (χ3v) is 3.72. The van der Waals surface area contributed by atoms with Crippen molar-refractivity contribution >= 4 is 11.8 Å². The first-order valence-corrected chi connectivity index (χ1v) is 7.05. The Balaban J connectivity index is 2.05. The van der Waals surface area contributed by atoms with Gasteiger partial charge in [0.2, 0.25) is 0 Å². The Bertz CT molecular complexity index is 691. The zero-order valence-corrected chi connectivity index (χ0v) is 12.1. The lowest BCUT2D eigenvalue weighted by molar-refractivity contribution is 0.262. The molecular weight excluding hydrogens is 264 g/mol. The molecule has 1 aliphatic rings. The quantitative estimate of drug-likeness (QED) is 0.865. The average Bonchev–Trinajstić information content (AvgIpc) is 2.45. The topological polar surface area (TPSA) is 49.7 Å². The summed E-state index contributed by atoms with van der Waals surface area (Å²) in [4.78, 5) is 0. The summed E-state index contributed by atoms with van der Waals surface area (Å²) in [5.74, 6) is 0.919. The molecule has 1 aliphatic heterocycles. The van der Waals surface area contributed by atoms with Gasteiger partial charge >= 0.3 is 0 Å². The summed E-state index contributed by atoms with van der Waals surface area (Å²) >= 11 is 0. The highest BCUT2D eigenvalue weighted by Gasteiger charge is 2.18. The van der Waals surface area contributed by atoms with Crippen molar-refractivity contribution in [2.24, 2.45) is 0 Å². The van der Waals surface area contributed by atoms with Crippen LogP contribution in [0.5, 0.6) is 11.5 Å². The van der Waals surface area contributed by atoms with Gasteiger partial charge < -0.3 is 14.9 Å². The first kappa shape index (κ1) is 13.6. The standard InChI is InChI=1S/C18H18O3/c1-11(2)18-15(19)7-14(8-16(18)20)17-9-12-5-3-4-6-13(12)10-21-17/h3-9,11,19-20H,10H2,1-2H3. The van der Waals surface area contributed by atoms with Crippen LogP contribution in [-0.4, -0.2) is 10.2 Å². The highest BCUT2D eigenvalue weighted by Crippen LogP contribution is 2.38. The average molecular weight is 282 g/mol. The Hall–Kier alpha value is -2.42. The van der Waals surface area contributed by atoms with E-state index in [2.05, 4.69) is 0 Å². The number of fused-ring (bicyclic) bond motifs is 1. The van der Waals surface area contributed by atoms with Gasteiger partial charge in [-0.05, 0) is 35.3 Å². The van der Waals surface area contributed by atoms with Crippen LogP contribution in [0.2, 0.25) is 0 Å². The highest BCUT2D eigenvalue weighted by molar-refractivity contribution is 5.81. The van der Waals surface area contributed by atoms with E-state index in [1.807, 2.05) is 44.2 Å². The molecule has 0 spiro atoms. The van der Waals surface area contributed by atoms with E-state index in [1.165, 1.54) is 0 Å². The molecule has 0 saturated heterocycles. The van der Waals surface area contributed by atoms with E-state index in [0.29, 0.717) is 23.5 Å². The predicted octanol–water partition coefficient (Wildman–Crippen LogP) is 4.25. The van der Waals surface area contributed by atoms with E-state index < -0.39 is 0 Å². The molecule has 21 heavy (non-hydrogen) atoms. The van der Waals surface area contributed by atoms with Crippen molar-refractivity contribution in [1.29, 1.82) is 0 Å². The number of hydrogen-bond donors (Lipinski definition) is 2. The van der Waals surface area contributed by atoms with Crippen LogP contribution in [0, 0.1) is 0 Å². The van der Waals surface area contributed by atoms with E-state index in [1.54, 1.807) is 12.1 Å². The SMILES string of the molecule is CC(C)c1c(O)cc(C2=Cc3ccccc3CO2)cc1O. The van der Waals surface area contributed by atoms with Crippen LogP contribution in [-0.2, 0) is 11.3 Å². The molecule has 0 bridgehead atoms. The maximum Gasteiger partial charge on any atom is 0.127 e. The maximum absolute atomic E-state index is 10.1. The second kappa shape index (κ2) is 5.17. The van der Waals surface area contributed by atoms with Crippen LogP contribution in [0.4, 0.5) is 0 Å². The van der Waals surface area contributed by atoms with Crippen molar-refractivity contribution in [2.45, 2.75) is 26.4 Å². The number of ether oxygens (including phenoxy) is 1. The van der Waals surface area contributed by atoms with Gasteiger partial charge in [-0.1, -0.05) is 38.1 Å². The second-order valence-electron chi connectivity index (χ2n) is 5.58. The molecule has 3 rings (SSSR count). The lowest BCUT2D eigenvalue weighted by atomic mass is 9.97. The monoisotopic (exact) mass is 282 g/mol. The molecule has 2 aromatic rings. The summed E-state index contributed by atoms with van der Waals surface area (Å²) in [6, 6.07) is 11.3. The minimum atomic E-state index is 0.0565. The third kappa shape index (κ3) is 2.47. The number of rotatable bonds is 2. The van der Waals surface area contributed by atoms with E-state index in [0.717, 1.165) is 11.1 Å². The lowest BCUT2D eigenvalue weighted by Gasteiger charge is -2.19. The summed E-state index contributed by atoms with van der Waals surface area (Å²) in [5.41, 5.74) is 3.48. The number of phenolic OH excluding ortho intramolecular Hbond substituents is 2. The first-order chi connectivity index (χ1) is 10.1. The predicted molar refractivity (Wildman–Crippen MR) is 83.0 cm³/mol. The minimum absolute atomic E-state index is 0.0565. The van der Waals surface area contributed by atoms with Gasteiger partial charge in [0.15, 0.2) is 0 Å². The fourth-order valence-corrected chi connectivity index (χ4v) is 2.67. The lowest BCUT2D eigenvalue weighted by Crippen LogP contribution is -2.02. The van der Waals surface area contributed by atoms with Crippen LogP contribution in [0.15, 0.2) is 36.4 Å². The molecule has 0 atom stereocenters. The number of benzene rings is 2. The Kier molecular flexibility index (Phi) is 3.34. The summed E-state index contributed by atoms with van der Waals surface area (Å²) in [6.45, 7) is 4.36. The Morgan fingerprint density at radius 3 is 2.38 bits per heavy atom. The van der Waals surface area contributed by atoms with Crippen molar-refractivity contribution in [2.75, 3.05) is 0 Å². The Labute approximate surface area is 124 Å². The molecule has 0 aromatic heterocycles. The third-order valence-electron chi connectivity index (χ3n) is 3.72. The molecule has 3 heteroatoms. The van der Waals surface area contributed by atoms with Gasteiger partial charge in [0.1, 0.15) is 23.9 Å². The molecule has 1 heterocycles. The van der Waals surface area contributed by atoms with Crippen LogP contribution >= 0.6 is 0 Å². The fraction of sp³-hybridized carbons (Fsp3) is 0.222. The zero-order valence-electron chi connectivity index (χ0n) is 12.1. The van der Waals surface area contributed by atoms with Crippen molar-refractivity contribution in [1.82, 2.24) is 0 Å². The van der Waals surface area contributed by atoms with Crippen LogP contribution in [0.1, 0.15) is 42.0 Å². The molecule has 2 aromatic carbocycles. The molecule has 0 radical (unpaired) electrons. The summed E-state index contributed by atoms with van der Waals surface area (Å²) < 4.78 is 5.74. The normalized spacial score (nSPS) is 13.6. The van der Waals surface area contributed by atoms with Gasteiger partial charge in [0.05, 0.1) is 0 Å². The van der Waals surface area contributed by atoms with Crippen molar-refractivity contribution in [3.8, 4) is 11.5 Å². The van der Waals surface area contributed by atoms with Crippen LogP contribution < -0.4 is 0 Å². The zero-order chi connectivity index (χ0) is 15.0. The van der Waals surface area contributed by atoms with E-state index in [-0.39, 0.29) is 17.4 Å². The van der Waals surface area contributed by atoms with Crippen molar-refractivity contribution in [3.05, 3.63) is 58.7 Å². The molecule has 3 nitrogen and oxygen atoms in total. The van der Waals surface area contributed by atoms with Crippen LogP contribution in [0.3, 0.4) is 0 Å². The van der Waals surface area contributed by atoms with Gasteiger partial charge in [-0.2, -0.15) is 0 Å². The van der Waals surface area contributed by atoms with Gasteiger partial charge in [-0.15, -0.1) is 0 Å². The van der Waals surface area contributed by atoms with Gasteiger partial charge in [0.25, 0.3) is 0 Å². The summed E-state index contributed by atoms with van der Waals surface area (Å²) in [7, 11) is 0. The van der Waals surface area contributed by atoms with Gasteiger partial charge in [-0.3, -0.25) is 0 Å². The first-order valence-electron chi connectivity index (χ1n) is 7.05. The second-order valence-corrected chi connectivity index (χ2v) is 5.58. The van der Waals surface area contributed by atoms with E-state index >= 15 is 0 Å². The maximum atomic E-state index is 10.1. The number of aromatic hydroxyl groups is 2. The fourth-order valence-electron chi connectivity index (χ4n) is 2.67. The Morgan fingerprint density at radius 1 is 1.05 bits per heavy atom. The molecule has 0 amide bonds. The van der Waals surface area contributed by atoms with Crippen molar-refractivity contribution < 1.29 is 14.9 Å².